The van der Waals surface area contributed by atoms with Gasteiger partial charge in [-0.15, -0.1) is 0 Å². The molecule has 0 aliphatic rings. The molecular formula is C11H17NOS. The van der Waals surface area contributed by atoms with Gasteiger partial charge in [-0.25, -0.2) is 0 Å². The Morgan fingerprint density at radius 3 is 2.71 bits per heavy atom. The minimum absolute atomic E-state index is 0.0919. The highest BCUT2D eigenvalue weighted by molar-refractivity contribution is 7.07. The second-order valence-electron chi connectivity index (χ2n) is 4.33. The Kier molecular flexibility index (Phi) is 3.69. The van der Waals surface area contributed by atoms with Crippen LogP contribution in [0.3, 0.4) is 0 Å². The van der Waals surface area contributed by atoms with Gasteiger partial charge in [-0.2, -0.15) is 11.3 Å². The van der Waals surface area contributed by atoms with E-state index < -0.39 is 0 Å². The minimum Gasteiger partial charge on any atom is -0.391 e. The first kappa shape index (κ1) is 11.2. The fraction of sp³-hybridized carbons (Fsp3) is 0.545. The lowest BCUT2D eigenvalue weighted by Gasteiger charge is -2.16. The minimum atomic E-state index is 0.0919. The van der Waals surface area contributed by atoms with Gasteiger partial charge in [0.1, 0.15) is 6.61 Å². The third-order valence-corrected chi connectivity index (χ3v) is 2.83. The second-order valence-corrected chi connectivity index (χ2v) is 5.11. The van der Waals surface area contributed by atoms with Crippen LogP contribution >= 0.6 is 11.3 Å². The van der Waals surface area contributed by atoms with Crippen LogP contribution in [0, 0.1) is 5.41 Å². The first-order valence-corrected chi connectivity index (χ1v) is 5.62. The molecule has 0 aliphatic heterocycles. The zero-order valence-corrected chi connectivity index (χ0v) is 10.0. The molecule has 0 bridgehead atoms. The van der Waals surface area contributed by atoms with E-state index in [0.29, 0.717) is 6.61 Å². The van der Waals surface area contributed by atoms with Crippen molar-refractivity contribution in [2.24, 2.45) is 10.6 Å². The predicted molar refractivity (Wildman–Crippen MR) is 61.7 cm³/mol. The number of rotatable bonds is 3. The largest absolute Gasteiger partial charge is 0.391 e. The van der Waals surface area contributed by atoms with E-state index in [9.17, 15) is 0 Å². The van der Waals surface area contributed by atoms with Crippen LogP contribution in [-0.2, 0) is 11.4 Å². The maximum atomic E-state index is 5.26. The molecule has 0 aliphatic carbocycles. The average Bonchev–Trinajstić information content (AvgIpc) is 2.55. The molecule has 0 spiro atoms. The van der Waals surface area contributed by atoms with Crippen molar-refractivity contribution in [3.63, 3.8) is 0 Å². The first-order valence-electron chi connectivity index (χ1n) is 4.68. The Balaban J connectivity index is 2.41. The summed E-state index contributed by atoms with van der Waals surface area (Å²) in [7, 11) is 0. The maximum Gasteiger partial charge on any atom is 0.143 e. The summed E-state index contributed by atoms with van der Waals surface area (Å²) in [6.07, 6.45) is 0. The van der Waals surface area contributed by atoms with Gasteiger partial charge < -0.3 is 4.84 Å². The molecule has 0 atom stereocenters. The lowest BCUT2D eigenvalue weighted by Crippen LogP contribution is -2.16. The second kappa shape index (κ2) is 4.60. The lowest BCUT2D eigenvalue weighted by atomic mass is 9.91. The monoisotopic (exact) mass is 211 g/mol. The Morgan fingerprint density at radius 1 is 1.50 bits per heavy atom. The van der Waals surface area contributed by atoms with Crippen LogP contribution in [-0.4, -0.2) is 5.71 Å². The fourth-order valence-electron chi connectivity index (χ4n) is 0.715. The summed E-state index contributed by atoms with van der Waals surface area (Å²) >= 11 is 1.68. The molecule has 1 heterocycles. The molecule has 78 valence electrons. The molecule has 0 amide bonds. The van der Waals surface area contributed by atoms with Gasteiger partial charge >= 0.3 is 0 Å². The SMILES string of the molecule is CC(=NOCc1ccsc1)C(C)(C)C. The van der Waals surface area contributed by atoms with Crippen LogP contribution in [0.15, 0.2) is 22.0 Å². The highest BCUT2D eigenvalue weighted by Crippen LogP contribution is 2.16. The fourth-order valence-corrected chi connectivity index (χ4v) is 1.37. The number of hydrogen-bond acceptors (Lipinski definition) is 3. The Labute approximate surface area is 89.6 Å². The third kappa shape index (κ3) is 3.50. The van der Waals surface area contributed by atoms with Crippen molar-refractivity contribution in [3.05, 3.63) is 22.4 Å². The Hall–Kier alpha value is -0.830. The molecule has 1 rings (SSSR count). The summed E-state index contributed by atoms with van der Waals surface area (Å²) in [5.41, 5.74) is 2.29. The topological polar surface area (TPSA) is 21.6 Å². The van der Waals surface area contributed by atoms with Gasteiger partial charge in [-0.05, 0) is 23.8 Å². The number of thiophene rings is 1. The molecule has 2 nitrogen and oxygen atoms in total. The standard InChI is InChI=1S/C11H17NOS/c1-9(11(2,3)4)12-13-7-10-5-6-14-8-10/h5-6,8H,7H2,1-4H3. The molecule has 3 heteroatoms. The Morgan fingerprint density at radius 2 is 2.21 bits per heavy atom. The van der Waals surface area contributed by atoms with Crippen molar-refractivity contribution in [3.8, 4) is 0 Å². The molecule has 0 radical (unpaired) electrons. The number of oxime groups is 1. The van der Waals surface area contributed by atoms with E-state index >= 15 is 0 Å². The van der Waals surface area contributed by atoms with E-state index in [0.717, 1.165) is 5.71 Å². The zero-order chi connectivity index (χ0) is 10.6. The van der Waals surface area contributed by atoms with Gasteiger partial charge in [0.15, 0.2) is 0 Å². The van der Waals surface area contributed by atoms with Gasteiger partial charge in [-0.1, -0.05) is 25.9 Å². The third-order valence-electron chi connectivity index (χ3n) is 2.10. The molecule has 0 fully saturated rings. The summed E-state index contributed by atoms with van der Waals surface area (Å²) in [4.78, 5) is 5.26. The van der Waals surface area contributed by atoms with Gasteiger partial charge in [0.05, 0.1) is 5.71 Å². The first-order chi connectivity index (χ1) is 6.50. The highest BCUT2D eigenvalue weighted by Gasteiger charge is 2.14. The van der Waals surface area contributed by atoms with Crippen molar-refractivity contribution in [1.29, 1.82) is 0 Å². The van der Waals surface area contributed by atoms with Gasteiger partial charge in [0.25, 0.3) is 0 Å². The molecule has 0 unspecified atom stereocenters. The molecule has 0 aromatic carbocycles. The van der Waals surface area contributed by atoms with Crippen molar-refractivity contribution in [2.45, 2.75) is 34.3 Å². The molecule has 0 N–H and O–H groups in total. The molecule has 14 heavy (non-hydrogen) atoms. The van der Waals surface area contributed by atoms with Crippen LogP contribution in [0.5, 0.6) is 0 Å². The quantitative estimate of drug-likeness (QED) is 0.552. The van der Waals surface area contributed by atoms with Gasteiger partial charge in [0.2, 0.25) is 0 Å². The summed E-state index contributed by atoms with van der Waals surface area (Å²) in [6, 6.07) is 2.05. The number of hydrogen-bond donors (Lipinski definition) is 0. The van der Waals surface area contributed by atoms with Crippen molar-refractivity contribution in [2.75, 3.05) is 0 Å². The molecule has 1 aromatic rings. The van der Waals surface area contributed by atoms with E-state index in [-0.39, 0.29) is 5.41 Å². The molecular weight excluding hydrogens is 194 g/mol. The van der Waals surface area contributed by atoms with Crippen LogP contribution in [0.4, 0.5) is 0 Å². The van der Waals surface area contributed by atoms with Crippen LogP contribution in [0.2, 0.25) is 0 Å². The summed E-state index contributed by atoms with van der Waals surface area (Å²) < 4.78 is 0. The highest BCUT2D eigenvalue weighted by atomic mass is 32.1. The predicted octanol–water partition coefficient (Wildman–Crippen LogP) is 3.69. The summed E-state index contributed by atoms with van der Waals surface area (Å²) in [5.74, 6) is 0. The number of nitrogens with zero attached hydrogens (tertiary/aromatic N) is 1. The maximum absolute atomic E-state index is 5.26. The molecule has 0 saturated heterocycles. The van der Waals surface area contributed by atoms with Crippen molar-refractivity contribution >= 4 is 17.0 Å². The van der Waals surface area contributed by atoms with Gasteiger partial charge in [0, 0.05) is 11.0 Å². The van der Waals surface area contributed by atoms with E-state index in [1.807, 2.05) is 18.4 Å². The normalized spacial score (nSPS) is 13.0. The zero-order valence-electron chi connectivity index (χ0n) is 9.20. The Bertz CT molecular complexity index is 296. The van der Waals surface area contributed by atoms with E-state index in [1.54, 1.807) is 11.3 Å². The average molecular weight is 211 g/mol. The summed E-state index contributed by atoms with van der Waals surface area (Å²) in [6.45, 7) is 8.93. The lowest BCUT2D eigenvalue weighted by molar-refractivity contribution is 0.128. The van der Waals surface area contributed by atoms with Crippen LogP contribution in [0.25, 0.3) is 0 Å². The van der Waals surface area contributed by atoms with E-state index in [2.05, 4.69) is 31.3 Å². The van der Waals surface area contributed by atoms with E-state index in [4.69, 9.17) is 4.84 Å². The van der Waals surface area contributed by atoms with Crippen molar-refractivity contribution in [1.82, 2.24) is 0 Å². The van der Waals surface area contributed by atoms with Crippen LogP contribution < -0.4 is 0 Å². The van der Waals surface area contributed by atoms with E-state index in [1.165, 1.54) is 5.56 Å². The van der Waals surface area contributed by atoms with Crippen molar-refractivity contribution < 1.29 is 4.84 Å². The summed E-state index contributed by atoms with van der Waals surface area (Å²) in [5, 5.41) is 8.20. The van der Waals surface area contributed by atoms with Crippen LogP contribution in [0.1, 0.15) is 33.3 Å². The molecule has 0 saturated carbocycles. The molecule has 1 aromatic heterocycles. The van der Waals surface area contributed by atoms with Gasteiger partial charge in [-0.3, -0.25) is 0 Å². The smallest absolute Gasteiger partial charge is 0.143 e.